The van der Waals surface area contributed by atoms with Crippen molar-refractivity contribution in [1.29, 1.82) is 0 Å². The molecule has 9 nitrogen and oxygen atoms in total. The first-order valence-electron chi connectivity index (χ1n) is 11.8. The number of nitrogens with zero attached hydrogens (tertiary/aromatic N) is 3. The van der Waals surface area contributed by atoms with Crippen LogP contribution in [0.25, 0.3) is 28.3 Å². The topological polar surface area (TPSA) is 101 Å². The fourth-order valence-electron chi connectivity index (χ4n) is 4.16. The van der Waals surface area contributed by atoms with Crippen LogP contribution in [-0.4, -0.2) is 41.8 Å². The zero-order valence-corrected chi connectivity index (χ0v) is 21.8. The number of rotatable bonds is 9. The number of imidazole rings is 1. The normalized spacial score (nSPS) is 10.9. The number of anilines is 1. The average Bonchev–Trinajstić information content (AvgIpc) is 3.56. The zero-order valence-electron chi connectivity index (χ0n) is 21.0. The third-order valence-electron chi connectivity index (χ3n) is 5.99. The maximum Gasteiger partial charge on any atom is 0.308 e. The highest BCUT2D eigenvalue weighted by Crippen LogP contribution is 2.40. The van der Waals surface area contributed by atoms with E-state index < -0.39 is 0 Å². The molecule has 38 heavy (non-hydrogen) atoms. The lowest BCUT2D eigenvalue weighted by Crippen LogP contribution is -2.12. The summed E-state index contributed by atoms with van der Waals surface area (Å²) < 4.78 is 24.1. The molecule has 2 heterocycles. The van der Waals surface area contributed by atoms with Gasteiger partial charge in [-0.1, -0.05) is 35.9 Å². The molecule has 0 saturated heterocycles. The van der Waals surface area contributed by atoms with E-state index in [4.69, 9.17) is 35.2 Å². The molecule has 0 bridgehead atoms. The van der Waals surface area contributed by atoms with Crippen molar-refractivity contribution in [2.75, 3.05) is 26.6 Å². The van der Waals surface area contributed by atoms with E-state index in [0.717, 1.165) is 16.6 Å². The van der Waals surface area contributed by atoms with Crippen molar-refractivity contribution in [2.24, 2.45) is 0 Å². The number of carbonyl (C=O) groups excluding carboxylic acids is 1. The van der Waals surface area contributed by atoms with Gasteiger partial charge in [-0.05, 0) is 24.3 Å². The lowest BCUT2D eigenvalue weighted by atomic mass is 10.1. The summed E-state index contributed by atoms with van der Waals surface area (Å²) in [5, 5.41) is 3.50. The number of benzene rings is 3. The maximum atomic E-state index is 12.9. The highest BCUT2D eigenvalue weighted by atomic mass is 35.5. The van der Waals surface area contributed by atoms with Crippen LogP contribution in [0.1, 0.15) is 12.2 Å². The van der Waals surface area contributed by atoms with Crippen molar-refractivity contribution >= 4 is 34.2 Å². The summed E-state index contributed by atoms with van der Waals surface area (Å²) in [5.41, 5.74) is 3.67. The van der Waals surface area contributed by atoms with Crippen LogP contribution >= 0.6 is 11.6 Å². The van der Waals surface area contributed by atoms with E-state index in [0.29, 0.717) is 51.8 Å². The number of amides is 1. The summed E-state index contributed by atoms with van der Waals surface area (Å²) in [6, 6.07) is 18.8. The minimum atomic E-state index is -0.215. The Balaban J connectivity index is 1.41. The van der Waals surface area contributed by atoms with Crippen LogP contribution in [0, 0.1) is 0 Å². The van der Waals surface area contributed by atoms with Crippen LogP contribution in [0.4, 0.5) is 5.69 Å². The van der Waals surface area contributed by atoms with Gasteiger partial charge < -0.3 is 23.9 Å². The molecule has 0 fully saturated rings. The van der Waals surface area contributed by atoms with Crippen molar-refractivity contribution in [3.05, 3.63) is 77.8 Å². The summed E-state index contributed by atoms with van der Waals surface area (Å²) >= 11 is 6.10. The van der Waals surface area contributed by atoms with Gasteiger partial charge in [0.15, 0.2) is 11.5 Å². The van der Waals surface area contributed by atoms with Crippen molar-refractivity contribution in [2.45, 2.75) is 12.8 Å². The van der Waals surface area contributed by atoms with Gasteiger partial charge in [-0.2, -0.15) is 4.98 Å². The number of hydrogen-bond donors (Lipinski definition) is 1. The van der Waals surface area contributed by atoms with Gasteiger partial charge >= 0.3 is 6.01 Å². The van der Waals surface area contributed by atoms with Crippen LogP contribution in [-0.2, 0) is 11.2 Å². The van der Waals surface area contributed by atoms with E-state index in [1.807, 2.05) is 36.4 Å². The molecule has 2 aromatic heterocycles. The fraction of sp³-hybridized carbons (Fsp3) is 0.179. The lowest BCUT2D eigenvalue weighted by molar-refractivity contribution is -0.116. The lowest BCUT2D eigenvalue weighted by Gasteiger charge is -2.14. The van der Waals surface area contributed by atoms with Crippen LogP contribution in [0.2, 0.25) is 5.02 Å². The minimum absolute atomic E-state index is 0.149. The molecule has 0 aliphatic rings. The highest BCUT2D eigenvalue weighted by Gasteiger charge is 2.20. The number of aromatic nitrogens is 3. The predicted octanol–water partition coefficient (Wildman–Crippen LogP) is 5.93. The molecule has 0 spiro atoms. The van der Waals surface area contributed by atoms with Gasteiger partial charge in [0.05, 0.1) is 32.4 Å². The minimum Gasteiger partial charge on any atom is -0.493 e. The zero-order chi connectivity index (χ0) is 26.6. The number of para-hydroxylation sites is 2. The van der Waals surface area contributed by atoms with Gasteiger partial charge in [-0.25, -0.2) is 4.98 Å². The van der Waals surface area contributed by atoms with Crippen molar-refractivity contribution in [1.82, 2.24) is 14.5 Å². The monoisotopic (exact) mass is 532 g/mol. The van der Waals surface area contributed by atoms with Crippen LogP contribution in [0.15, 0.2) is 71.4 Å². The SMILES string of the molecule is COc1cc(NC(=O)CCc2oc(-n3cnc4ccccc43)nc2-c2ccc(Cl)cc2)cc(OC)c1OC. The molecule has 0 radical (unpaired) electrons. The summed E-state index contributed by atoms with van der Waals surface area (Å²) in [6.45, 7) is 0. The molecule has 3 aromatic carbocycles. The Morgan fingerprint density at radius 1 is 1.00 bits per heavy atom. The quantitative estimate of drug-likeness (QED) is 0.251. The Bertz CT molecular complexity index is 1570. The summed E-state index contributed by atoms with van der Waals surface area (Å²) in [7, 11) is 4.56. The number of carbonyl (C=O) groups is 1. The number of fused-ring (bicyclic) bond motifs is 1. The number of halogens is 1. The van der Waals surface area contributed by atoms with Crippen molar-refractivity contribution in [3.63, 3.8) is 0 Å². The van der Waals surface area contributed by atoms with Crippen molar-refractivity contribution < 1.29 is 23.4 Å². The Labute approximate surface area is 223 Å². The third-order valence-corrected chi connectivity index (χ3v) is 6.24. The van der Waals surface area contributed by atoms with Crippen molar-refractivity contribution in [3.8, 4) is 34.5 Å². The molecule has 0 aliphatic carbocycles. The number of oxazole rings is 1. The molecule has 1 amide bonds. The standard InChI is InChI=1S/C28H25ClN4O5/c1-35-23-14-19(15-24(36-2)27(23)37-3)31-25(34)13-12-22-26(17-8-10-18(29)11-9-17)32-28(38-22)33-16-30-20-6-4-5-7-21(20)33/h4-11,14-16H,12-13H2,1-3H3,(H,31,34). The number of aryl methyl sites for hydroxylation is 1. The third kappa shape index (κ3) is 5.01. The molecule has 0 aliphatic heterocycles. The highest BCUT2D eigenvalue weighted by molar-refractivity contribution is 6.30. The van der Waals surface area contributed by atoms with Gasteiger partial charge in [0.2, 0.25) is 11.7 Å². The predicted molar refractivity (Wildman–Crippen MR) is 145 cm³/mol. The van der Waals surface area contributed by atoms with Gasteiger partial charge in [0.1, 0.15) is 17.8 Å². The Hall–Kier alpha value is -4.50. The molecule has 5 rings (SSSR count). The Morgan fingerprint density at radius 3 is 2.39 bits per heavy atom. The first-order valence-corrected chi connectivity index (χ1v) is 12.2. The molecule has 194 valence electrons. The van der Waals surface area contributed by atoms with Gasteiger partial charge in [0.25, 0.3) is 0 Å². The molecule has 0 unspecified atom stereocenters. The van der Waals surface area contributed by atoms with E-state index in [1.54, 1.807) is 35.2 Å². The molecular weight excluding hydrogens is 508 g/mol. The van der Waals surface area contributed by atoms with E-state index in [2.05, 4.69) is 10.3 Å². The van der Waals surface area contributed by atoms with Crippen LogP contribution in [0.3, 0.4) is 0 Å². The second kappa shape index (κ2) is 10.9. The summed E-state index contributed by atoms with van der Waals surface area (Å²) in [4.78, 5) is 22.1. The summed E-state index contributed by atoms with van der Waals surface area (Å²) in [5.74, 6) is 1.69. The number of hydrogen-bond acceptors (Lipinski definition) is 7. The Morgan fingerprint density at radius 2 is 1.71 bits per heavy atom. The van der Waals surface area contributed by atoms with Crippen LogP contribution in [0.5, 0.6) is 17.2 Å². The molecule has 1 N–H and O–H groups in total. The van der Waals surface area contributed by atoms with E-state index in [-0.39, 0.29) is 12.3 Å². The number of methoxy groups -OCH3 is 3. The second-order valence-corrected chi connectivity index (χ2v) is 8.78. The van der Waals surface area contributed by atoms with E-state index >= 15 is 0 Å². The molecule has 10 heteroatoms. The fourth-order valence-corrected chi connectivity index (χ4v) is 4.29. The number of ether oxygens (including phenoxy) is 3. The van der Waals surface area contributed by atoms with Gasteiger partial charge in [0, 0.05) is 41.2 Å². The van der Waals surface area contributed by atoms with Gasteiger partial charge in [-0.3, -0.25) is 9.36 Å². The number of nitrogens with one attached hydrogen (secondary N) is 1. The first kappa shape index (κ1) is 25.2. The Kier molecular flexibility index (Phi) is 7.19. The van der Waals surface area contributed by atoms with E-state index in [1.165, 1.54) is 21.3 Å². The molecule has 0 atom stereocenters. The maximum absolute atomic E-state index is 12.9. The van der Waals surface area contributed by atoms with E-state index in [9.17, 15) is 4.79 Å². The largest absolute Gasteiger partial charge is 0.493 e. The summed E-state index contributed by atoms with van der Waals surface area (Å²) in [6.07, 6.45) is 2.13. The molecular formula is C28H25ClN4O5. The molecule has 0 saturated carbocycles. The van der Waals surface area contributed by atoms with Gasteiger partial charge in [-0.15, -0.1) is 0 Å². The average molecular weight is 533 g/mol. The smallest absolute Gasteiger partial charge is 0.308 e. The van der Waals surface area contributed by atoms with Crippen LogP contribution < -0.4 is 19.5 Å². The molecule has 5 aromatic rings. The second-order valence-electron chi connectivity index (χ2n) is 8.34. The first-order chi connectivity index (χ1) is 18.5.